The Labute approximate surface area is 181 Å². The zero-order chi connectivity index (χ0) is 22.7. The number of benzene rings is 2. The van der Waals surface area contributed by atoms with E-state index in [2.05, 4.69) is 15.5 Å². The van der Waals surface area contributed by atoms with Gasteiger partial charge in [-0.2, -0.15) is 5.10 Å². The van der Waals surface area contributed by atoms with Crippen molar-refractivity contribution in [2.75, 3.05) is 26.8 Å². The third kappa shape index (κ3) is 3.95. The van der Waals surface area contributed by atoms with Crippen LogP contribution in [0.4, 0.5) is 10.5 Å². The lowest BCUT2D eigenvalue weighted by molar-refractivity contribution is -0.386. The fraction of sp³-hybridized carbons (Fsp3) is 0.190. The number of carbonyl (C=O) groups is 2. The van der Waals surface area contributed by atoms with Gasteiger partial charge in [0.05, 0.1) is 41.9 Å². The Morgan fingerprint density at radius 2 is 2.03 bits per heavy atom. The molecule has 0 bridgehead atoms. The van der Waals surface area contributed by atoms with Gasteiger partial charge >= 0.3 is 11.7 Å². The molecule has 0 radical (unpaired) electrons. The zero-order valence-corrected chi connectivity index (χ0v) is 17.0. The molecule has 3 aromatic rings. The number of urea groups is 1. The van der Waals surface area contributed by atoms with Crippen molar-refractivity contribution in [1.29, 1.82) is 0 Å². The number of ether oxygens (including phenoxy) is 2. The SMILES string of the molecule is COc1c(OCCN2C(=O)CNC2=O)ccc(C=Cc2n[nH]c3ccccc23)c1[N+](=O)[O-]. The van der Waals surface area contributed by atoms with Crippen molar-refractivity contribution in [2.45, 2.75) is 0 Å². The first-order valence-corrected chi connectivity index (χ1v) is 9.67. The van der Waals surface area contributed by atoms with Gasteiger partial charge in [0.25, 0.3) is 0 Å². The van der Waals surface area contributed by atoms with Gasteiger partial charge in [0, 0.05) is 5.39 Å². The number of hydrogen-bond acceptors (Lipinski definition) is 7. The van der Waals surface area contributed by atoms with Crippen LogP contribution in [0, 0.1) is 10.1 Å². The van der Waals surface area contributed by atoms with E-state index in [-0.39, 0.29) is 42.8 Å². The predicted molar refractivity (Wildman–Crippen MR) is 115 cm³/mol. The molecule has 2 aromatic carbocycles. The van der Waals surface area contributed by atoms with Crippen molar-refractivity contribution < 1.29 is 24.0 Å². The van der Waals surface area contributed by atoms with Gasteiger partial charge in [-0.15, -0.1) is 0 Å². The van der Waals surface area contributed by atoms with Gasteiger partial charge in [-0.05, 0) is 30.4 Å². The molecular formula is C21H19N5O6. The number of hydrogen-bond donors (Lipinski definition) is 2. The van der Waals surface area contributed by atoms with Crippen LogP contribution in [0.5, 0.6) is 11.5 Å². The fourth-order valence-corrected chi connectivity index (χ4v) is 3.41. The minimum atomic E-state index is -0.550. The lowest BCUT2D eigenvalue weighted by Crippen LogP contribution is -2.34. The number of amides is 3. The maximum absolute atomic E-state index is 11.8. The number of nitro benzene ring substituents is 1. The van der Waals surface area contributed by atoms with Crippen molar-refractivity contribution >= 4 is 40.7 Å². The number of rotatable bonds is 8. The number of nitrogens with one attached hydrogen (secondary N) is 2. The highest BCUT2D eigenvalue weighted by Gasteiger charge is 2.29. The van der Waals surface area contributed by atoms with Gasteiger partial charge in [-0.1, -0.05) is 18.2 Å². The molecular weight excluding hydrogens is 418 g/mol. The van der Waals surface area contributed by atoms with E-state index in [4.69, 9.17) is 9.47 Å². The first-order valence-electron chi connectivity index (χ1n) is 9.67. The summed E-state index contributed by atoms with van der Waals surface area (Å²) in [7, 11) is 1.31. The molecule has 1 fully saturated rings. The molecule has 1 aliphatic heterocycles. The first-order chi connectivity index (χ1) is 15.5. The summed E-state index contributed by atoms with van der Waals surface area (Å²) in [5.74, 6) is -0.280. The minimum absolute atomic E-state index is 0.00943. The number of carbonyl (C=O) groups excluding carboxylic acids is 2. The summed E-state index contributed by atoms with van der Waals surface area (Å²) in [6.07, 6.45) is 3.26. The lowest BCUT2D eigenvalue weighted by atomic mass is 10.1. The zero-order valence-electron chi connectivity index (χ0n) is 17.0. The normalized spacial score (nSPS) is 13.7. The summed E-state index contributed by atoms with van der Waals surface area (Å²) in [5.41, 5.74) is 1.53. The van der Waals surface area contributed by atoms with Crippen LogP contribution in [-0.2, 0) is 4.79 Å². The number of para-hydroxylation sites is 1. The highest BCUT2D eigenvalue weighted by Crippen LogP contribution is 2.40. The van der Waals surface area contributed by atoms with Gasteiger partial charge in [-0.25, -0.2) is 4.79 Å². The summed E-state index contributed by atoms with van der Waals surface area (Å²) >= 11 is 0. The molecule has 0 unspecified atom stereocenters. The van der Waals surface area contributed by atoms with Crippen LogP contribution < -0.4 is 14.8 Å². The van der Waals surface area contributed by atoms with E-state index < -0.39 is 11.0 Å². The van der Waals surface area contributed by atoms with Crippen molar-refractivity contribution in [3.8, 4) is 11.5 Å². The predicted octanol–water partition coefficient (Wildman–Crippen LogP) is 2.58. The Morgan fingerprint density at radius 1 is 1.22 bits per heavy atom. The fourth-order valence-electron chi connectivity index (χ4n) is 3.41. The van der Waals surface area contributed by atoms with Gasteiger partial charge < -0.3 is 14.8 Å². The largest absolute Gasteiger partial charge is 0.488 e. The van der Waals surface area contributed by atoms with Gasteiger partial charge in [0.15, 0.2) is 5.75 Å². The molecule has 0 spiro atoms. The first kappa shape index (κ1) is 20.8. The molecule has 1 aromatic heterocycles. The molecule has 0 aliphatic carbocycles. The van der Waals surface area contributed by atoms with E-state index in [0.29, 0.717) is 11.3 Å². The molecule has 0 saturated carbocycles. The van der Waals surface area contributed by atoms with Crippen LogP contribution in [0.1, 0.15) is 11.3 Å². The van der Waals surface area contributed by atoms with E-state index in [1.165, 1.54) is 13.2 Å². The topological polar surface area (TPSA) is 140 Å². The summed E-state index contributed by atoms with van der Waals surface area (Å²) in [4.78, 5) is 35.5. The van der Waals surface area contributed by atoms with Crippen LogP contribution >= 0.6 is 0 Å². The second-order valence-electron chi connectivity index (χ2n) is 6.83. The number of fused-ring (bicyclic) bond motifs is 1. The van der Waals surface area contributed by atoms with E-state index in [0.717, 1.165) is 15.8 Å². The summed E-state index contributed by atoms with van der Waals surface area (Å²) in [5, 5.41) is 22.2. The highest BCUT2D eigenvalue weighted by atomic mass is 16.6. The highest BCUT2D eigenvalue weighted by molar-refractivity contribution is 6.01. The Bertz CT molecular complexity index is 1220. The molecule has 4 rings (SSSR count). The lowest BCUT2D eigenvalue weighted by Gasteiger charge is -2.15. The van der Waals surface area contributed by atoms with Crippen molar-refractivity contribution in [3.63, 3.8) is 0 Å². The minimum Gasteiger partial charge on any atom is -0.488 e. The third-order valence-corrected chi connectivity index (χ3v) is 4.94. The number of imide groups is 1. The smallest absolute Gasteiger partial charge is 0.324 e. The molecule has 32 heavy (non-hydrogen) atoms. The number of methoxy groups -OCH3 is 1. The molecule has 1 saturated heterocycles. The van der Waals surface area contributed by atoms with Crippen molar-refractivity contribution in [1.82, 2.24) is 20.4 Å². The van der Waals surface area contributed by atoms with Crippen LogP contribution in [-0.4, -0.2) is 58.8 Å². The van der Waals surface area contributed by atoms with Crippen LogP contribution in [0.3, 0.4) is 0 Å². The van der Waals surface area contributed by atoms with E-state index in [1.54, 1.807) is 18.2 Å². The molecule has 3 amide bonds. The summed E-state index contributed by atoms with van der Waals surface area (Å²) in [6.45, 7) is -0.0867. The Balaban J connectivity index is 1.58. The maximum Gasteiger partial charge on any atom is 0.324 e. The second-order valence-corrected chi connectivity index (χ2v) is 6.83. The number of H-pyrrole nitrogens is 1. The molecule has 11 heteroatoms. The average molecular weight is 437 g/mol. The number of aromatic amines is 1. The van der Waals surface area contributed by atoms with E-state index in [9.17, 15) is 19.7 Å². The summed E-state index contributed by atoms with van der Waals surface area (Å²) < 4.78 is 10.9. The Kier molecular flexibility index (Phi) is 5.71. The average Bonchev–Trinajstić information content (AvgIpc) is 3.35. The van der Waals surface area contributed by atoms with Crippen LogP contribution in [0.15, 0.2) is 36.4 Å². The monoisotopic (exact) mass is 437 g/mol. The number of aromatic nitrogens is 2. The molecule has 0 atom stereocenters. The number of nitro groups is 1. The Morgan fingerprint density at radius 3 is 2.75 bits per heavy atom. The van der Waals surface area contributed by atoms with Crippen LogP contribution in [0.25, 0.3) is 23.1 Å². The molecule has 2 N–H and O–H groups in total. The third-order valence-electron chi connectivity index (χ3n) is 4.94. The second kappa shape index (κ2) is 8.76. The summed E-state index contributed by atoms with van der Waals surface area (Å²) in [6, 6.07) is 10.1. The van der Waals surface area contributed by atoms with Gasteiger partial charge in [0.1, 0.15) is 6.61 Å². The quantitative estimate of drug-likeness (QED) is 0.314. The molecule has 11 nitrogen and oxygen atoms in total. The standard InChI is InChI=1S/C21H19N5O6/c1-31-20-17(32-11-10-25-18(27)12-22-21(25)28)9-7-13(19(20)26(29)30)6-8-16-14-4-2-3-5-15(14)23-24-16/h2-9H,10-12H2,1H3,(H,22,28)(H,23,24). The van der Waals surface area contributed by atoms with Crippen molar-refractivity contribution in [3.05, 3.63) is 57.8 Å². The molecule has 2 heterocycles. The Hall–Kier alpha value is -4.41. The number of nitrogens with zero attached hydrogens (tertiary/aromatic N) is 3. The van der Waals surface area contributed by atoms with Crippen molar-refractivity contribution in [2.24, 2.45) is 0 Å². The maximum atomic E-state index is 11.8. The van der Waals surface area contributed by atoms with E-state index >= 15 is 0 Å². The van der Waals surface area contributed by atoms with Crippen LogP contribution in [0.2, 0.25) is 0 Å². The van der Waals surface area contributed by atoms with Gasteiger partial charge in [0.2, 0.25) is 11.7 Å². The molecule has 1 aliphatic rings. The molecule has 164 valence electrons. The van der Waals surface area contributed by atoms with Gasteiger partial charge in [-0.3, -0.25) is 24.9 Å². The van der Waals surface area contributed by atoms with E-state index in [1.807, 2.05) is 24.3 Å².